The van der Waals surface area contributed by atoms with Crippen LogP contribution in [0.4, 0.5) is 8.78 Å². The summed E-state index contributed by atoms with van der Waals surface area (Å²) in [5.41, 5.74) is 0.253. The van der Waals surface area contributed by atoms with Gasteiger partial charge >= 0.3 is 0 Å². The van der Waals surface area contributed by atoms with E-state index in [0.717, 1.165) is 19.3 Å². The molecule has 0 bridgehead atoms. The van der Waals surface area contributed by atoms with E-state index >= 15 is 0 Å². The first-order valence-electron chi connectivity index (χ1n) is 11.2. The Labute approximate surface area is 184 Å². The highest BCUT2D eigenvalue weighted by Gasteiger charge is 2.12. The van der Waals surface area contributed by atoms with Crippen LogP contribution in [0.2, 0.25) is 0 Å². The van der Waals surface area contributed by atoms with Gasteiger partial charge in [0, 0.05) is 25.7 Å². The van der Waals surface area contributed by atoms with E-state index in [1.807, 2.05) is 6.92 Å². The molecule has 0 N–H and O–H groups in total. The summed E-state index contributed by atoms with van der Waals surface area (Å²) in [5.74, 6) is 0.567. The minimum atomic E-state index is -1.16. The van der Waals surface area contributed by atoms with Gasteiger partial charge in [0.15, 0.2) is 11.6 Å². The Morgan fingerprint density at radius 3 is 2.35 bits per heavy atom. The first-order chi connectivity index (χ1) is 15.1. The molecule has 1 unspecified atom stereocenters. The lowest BCUT2D eigenvalue weighted by atomic mass is 10.2. The third kappa shape index (κ3) is 9.59. The maximum absolute atomic E-state index is 14.5. The van der Waals surface area contributed by atoms with Crippen molar-refractivity contribution in [3.05, 3.63) is 36.4 Å². The van der Waals surface area contributed by atoms with Gasteiger partial charge in [-0.3, -0.25) is 0 Å². The SMILES string of the molecule is CCCCCCCOc1cnc(-c2ccc(OCC(F)CCOCCC)cc2F)nc1. The van der Waals surface area contributed by atoms with Crippen LogP contribution in [0.15, 0.2) is 30.6 Å². The third-order valence-corrected chi connectivity index (χ3v) is 4.68. The van der Waals surface area contributed by atoms with Crippen molar-refractivity contribution in [2.75, 3.05) is 26.4 Å². The Morgan fingerprint density at radius 2 is 1.65 bits per heavy atom. The Balaban J connectivity index is 1.80. The zero-order valence-corrected chi connectivity index (χ0v) is 18.6. The van der Waals surface area contributed by atoms with Crippen LogP contribution in [0.1, 0.15) is 58.8 Å². The van der Waals surface area contributed by atoms with E-state index < -0.39 is 12.0 Å². The van der Waals surface area contributed by atoms with Crippen molar-refractivity contribution >= 4 is 0 Å². The van der Waals surface area contributed by atoms with Crippen LogP contribution in [0.5, 0.6) is 11.5 Å². The lowest BCUT2D eigenvalue weighted by Gasteiger charge is -2.12. The summed E-state index contributed by atoms with van der Waals surface area (Å²) in [5, 5.41) is 0. The highest BCUT2D eigenvalue weighted by Crippen LogP contribution is 2.24. The number of hydrogen-bond acceptors (Lipinski definition) is 5. The van der Waals surface area contributed by atoms with Crippen LogP contribution in [0.3, 0.4) is 0 Å². The zero-order valence-electron chi connectivity index (χ0n) is 18.6. The van der Waals surface area contributed by atoms with E-state index in [-0.39, 0.29) is 30.2 Å². The van der Waals surface area contributed by atoms with Crippen LogP contribution in [0.25, 0.3) is 11.4 Å². The summed E-state index contributed by atoms with van der Waals surface area (Å²) >= 11 is 0. The number of unbranched alkanes of at least 4 members (excludes halogenated alkanes) is 4. The van der Waals surface area contributed by atoms with Gasteiger partial charge in [-0.25, -0.2) is 18.7 Å². The zero-order chi connectivity index (χ0) is 22.3. The standard InChI is InChI=1S/C24H34F2N2O3/c1-3-5-6-7-8-13-30-21-16-27-24(28-17-21)22-10-9-20(15-23(22)26)31-18-19(25)11-14-29-12-4-2/h9-10,15-17,19H,3-8,11-14,18H2,1-2H3. The Kier molecular flexibility index (Phi) is 11.8. The molecule has 1 atom stereocenters. The molecule has 172 valence electrons. The van der Waals surface area contributed by atoms with E-state index in [1.165, 1.54) is 31.4 Å². The second-order valence-corrected chi connectivity index (χ2v) is 7.46. The van der Waals surface area contributed by atoms with Crippen molar-refractivity contribution in [2.24, 2.45) is 0 Å². The van der Waals surface area contributed by atoms with Gasteiger partial charge in [0.25, 0.3) is 0 Å². The monoisotopic (exact) mass is 436 g/mol. The van der Waals surface area contributed by atoms with Gasteiger partial charge in [-0.2, -0.15) is 0 Å². The van der Waals surface area contributed by atoms with Gasteiger partial charge in [-0.1, -0.05) is 39.5 Å². The van der Waals surface area contributed by atoms with Crippen LogP contribution in [-0.4, -0.2) is 42.6 Å². The molecular formula is C24H34F2N2O3. The Hall–Kier alpha value is -2.28. The van der Waals surface area contributed by atoms with Crippen LogP contribution < -0.4 is 9.47 Å². The molecular weight excluding hydrogens is 402 g/mol. The number of hydrogen-bond donors (Lipinski definition) is 0. The Bertz CT molecular complexity index is 744. The largest absolute Gasteiger partial charge is 0.490 e. The predicted octanol–water partition coefficient (Wildman–Crippen LogP) is 6.17. The van der Waals surface area contributed by atoms with Crippen molar-refractivity contribution in [3.8, 4) is 22.9 Å². The topological polar surface area (TPSA) is 53.5 Å². The summed E-state index contributed by atoms with van der Waals surface area (Å²) in [6.45, 7) is 5.63. The Morgan fingerprint density at radius 1 is 0.871 bits per heavy atom. The van der Waals surface area contributed by atoms with Gasteiger partial charge in [-0.15, -0.1) is 0 Å². The molecule has 0 fully saturated rings. The normalized spacial score (nSPS) is 12.0. The van der Waals surface area contributed by atoms with Crippen molar-refractivity contribution in [1.82, 2.24) is 9.97 Å². The molecule has 0 aliphatic rings. The minimum absolute atomic E-state index is 0.144. The summed E-state index contributed by atoms with van der Waals surface area (Å²) in [6.07, 6.45) is 8.89. The maximum atomic E-state index is 14.5. The molecule has 7 heteroatoms. The second-order valence-electron chi connectivity index (χ2n) is 7.46. The minimum Gasteiger partial charge on any atom is -0.490 e. The summed E-state index contributed by atoms with van der Waals surface area (Å²) in [7, 11) is 0. The smallest absolute Gasteiger partial charge is 0.162 e. The first-order valence-corrected chi connectivity index (χ1v) is 11.2. The van der Waals surface area contributed by atoms with Gasteiger partial charge in [0.2, 0.25) is 0 Å². The molecule has 0 spiro atoms. The van der Waals surface area contributed by atoms with Crippen molar-refractivity contribution in [3.63, 3.8) is 0 Å². The fourth-order valence-corrected chi connectivity index (χ4v) is 2.92. The van der Waals surface area contributed by atoms with Crippen molar-refractivity contribution < 1.29 is 23.0 Å². The van der Waals surface area contributed by atoms with Crippen LogP contribution >= 0.6 is 0 Å². The molecule has 1 aromatic carbocycles. The van der Waals surface area contributed by atoms with E-state index in [1.54, 1.807) is 18.5 Å². The van der Waals surface area contributed by atoms with Gasteiger partial charge in [0.1, 0.15) is 24.3 Å². The number of nitrogens with zero attached hydrogens (tertiary/aromatic N) is 2. The van der Waals surface area contributed by atoms with E-state index in [4.69, 9.17) is 14.2 Å². The molecule has 31 heavy (non-hydrogen) atoms. The molecule has 0 aliphatic heterocycles. The van der Waals surface area contributed by atoms with Gasteiger partial charge in [-0.05, 0) is 25.0 Å². The lowest BCUT2D eigenvalue weighted by molar-refractivity contribution is 0.0964. The molecule has 0 saturated carbocycles. The fraction of sp³-hybridized carbons (Fsp3) is 0.583. The van der Waals surface area contributed by atoms with E-state index in [9.17, 15) is 8.78 Å². The van der Waals surface area contributed by atoms with Crippen molar-refractivity contribution in [2.45, 2.75) is 65.0 Å². The summed E-state index contributed by atoms with van der Waals surface area (Å²) < 4.78 is 44.6. The highest BCUT2D eigenvalue weighted by atomic mass is 19.1. The van der Waals surface area contributed by atoms with Crippen LogP contribution in [-0.2, 0) is 4.74 Å². The lowest BCUT2D eigenvalue weighted by Crippen LogP contribution is -2.15. The highest BCUT2D eigenvalue weighted by molar-refractivity contribution is 5.57. The average molecular weight is 437 g/mol. The molecule has 0 saturated heterocycles. The van der Waals surface area contributed by atoms with E-state index in [0.29, 0.717) is 25.6 Å². The van der Waals surface area contributed by atoms with Crippen molar-refractivity contribution in [1.29, 1.82) is 0 Å². The number of benzene rings is 1. The second kappa shape index (κ2) is 14.7. The van der Waals surface area contributed by atoms with Gasteiger partial charge in [0.05, 0.1) is 24.6 Å². The average Bonchev–Trinajstić information content (AvgIpc) is 2.78. The summed E-state index contributed by atoms with van der Waals surface area (Å²) in [4.78, 5) is 8.40. The molecule has 5 nitrogen and oxygen atoms in total. The third-order valence-electron chi connectivity index (χ3n) is 4.68. The van der Waals surface area contributed by atoms with Gasteiger partial charge < -0.3 is 14.2 Å². The predicted molar refractivity (Wildman–Crippen MR) is 118 cm³/mol. The quantitative estimate of drug-likeness (QED) is 0.295. The molecule has 2 rings (SSSR count). The summed E-state index contributed by atoms with van der Waals surface area (Å²) in [6, 6.07) is 4.34. The maximum Gasteiger partial charge on any atom is 0.162 e. The fourth-order valence-electron chi connectivity index (χ4n) is 2.92. The molecule has 0 radical (unpaired) electrons. The van der Waals surface area contributed by atoms with Crippen LogP contribution in [0, 0.1) is 5.82 Å². The molecule has 1 heterocycles. The number of halogens is 2. The molecule has 0 amide bonds. The molecule has 0 aliphatic carbocycles. The number of alkyl halides is 1. The van der Waals surface area contributed by atoms with E-state index in [2.05, 4.69) is 16.9 Å². The molecule has 1 aromatic heterocycles. The first kappa shape index (κ1) is 25.0. The number of ether oxygens (including phenoxy) is 3. The number of rotatable bonds is 16. The molecule has 2 aromatic rings. The number of aromatic nitrogens is 2.